The molecule has 0 aromatic heterocycles. The van der Waals surface area contributed by atoms with Gasteiger partial charge in [0.1, 0.15) is 0 Å². The Labute approximate surface area is 96.5 Å². The van der Waals surface area contributed by atoms with E-state index in [1.54, 1.807) is 0 Å². The summed E-state index contributed by atoms with van der Waals surface area (Å²) in [5.41, 5.74) is 0.746. The first-order valence-electron chi connectivity index (χ1n) is 5.80. The summed E-state index contributed by atoms with van der Waals surface area (Å²) >= 11 is 0. The molecule has 0 saturated carbocycles. The van der Waals surface area contributed by atoms with Gasteiger partial charge in [-0.25, -0.2) is 0 Å². The number of likely N-dealkylation sites (N-methyl/N-ethyl adjacent to an activating group) is 1. The Hall–Kier alpha value is -1.35. The first kappa shape index (κ1) is 11.1. The van der Waals surface area contributed by atoms with Gasteiger partial charge in [-0.15, -0.1) is 0 Å². The summed E-state index contributed by atoms with van der Waals surface area (Å²) in [4.78, 5) is 14.2. The number of hydrogen-bond acceptors (Lipinski definition) is 2. The highest BCUT2D eigenvalue weighted by Crippen LogP contribution is 2.09. The fourth-order valence-electron chi connectivity index (χ4n) is 2.14. The van der Waals surface area contributed by atoms with E-state index in [9.17, 15) is 4.79 Å². The second kappa shape index (κ2) is 5.12. The van der Waals surface area contributed by atoms with Crippen LogP contribution < -0.4 is 5.32 Å². The summed E-state index contributed by atoms with van der Waals surface area (Å²) in [7, 11) is 2.10. The molecule has 1 N–H and O–H groups in total. The summed E-state index contributed by atoms with van der Waals surface area (Å²) in [5.74, 6) is 0.0425. The Morgan fingerprint density at radius 2 is 2.12 bits per heavy atom. The van der Waals surface area contributed by atoms with E-state index in [2.05, 4.69) is 17.3 Å². The smallest absolute Gasteiger partial charge is 0.251 e. The molecule has 0 aliphatic carbocycles. The minimum atomic E-state index is 0.0425. The van der Waals surface area contributed by atoms with Crippen LogP contribution in [-0.2, 0) is 0 Å². The van der Waals surface area contributed by atoms with E-state index in [0.29, 0.717) is 6.04 Å². The van der Waals surface area contributed by atoms with Gasteiger partial charge in [0, 0.05) is 18.2 Å². The molecule has 3 heteroatoms. The average Bonchev–Trinajstić information content (AvgIpc) is 2.30. The molecule has 0 radical (unpaired) electrons. The number of amides is 1. The highest BCUT2D eigenvalue weighted by atomic mass is 16.1. The van der Waals surface area contributed by atoms with Gasteiger partial charge in [0.15, 0.2) is 0 Å². The molecule has 1 aliphatic rings. The molecular weight excluding hydrogens is 200 g/mol. The molecule has 1 aromatic rings. The maximum absolute atomic E-state index is 11.9. The van der Waals surface area contributed by atoms with Crippen LogP contribution in [0.15, 0.2) is 30.3 Å². The first-order chi connectivity index (χ1) is 7.75. The van der Waals surface area contributed by atoms with E-state index < -0.39 is 0 Å². The van der Waals surface area contributed by atoms with Gasteiger partial charge in [-0.1, -0.05) is 18.2 Å². The zero-order valence-electron chi connectivity index (χ0n) is 9.65. The number of piperidine rings is 1. The third-order valence-electron chi connectivity index (χ3n) is 3.00. The monoisotopic (exact) mass is 218 g/mol. The largest absolute Gasteiger partial charge is 0.348 e. The van der Waals surface area contributed by atoms with Crippen molar-refractivity contribution in [2.24, 2.45) is 0 Å². The first-order valence-corrected chi connectivity index (χ1v) is 5.80. The van der Waals surface area contributed by atoms with Crippen LogP contribution in [0.2, 0.25) is 0 Å². The van der Waals surface area contributed by atoms with Gasteiger partial charge in [-0.2, -0.15) is 0 Å². The molecule has 86 valence electrons. The summed E-state index contributed by atoms with van der Waals surface area (Å²) in [6, 6.07) is 9.70. The van der Waals surface area contributed by atoms with Gasteiger partial charge < -0.3 is 10.2 Å². The van der Waals surface area contributed by atoms with Gasteiger partial charge >= 0.3 is 0 Å². The molecule has 0 spiro atoms. The van der Waals surface area contributed by atoms with Gasteiger partial charge in [0.25, 0.3) is 5.91 Å². The van der Waals surface area contributed by atoms with Crippen LogP contribution in [0.3, 0.4) is 0 Å². The van der Waals surface area contributed by atoms with Crippen molar-refractivity contribution < 1.29 is 4.79 Å². The maximum atomic E-state index is 11.9. The molecular formula is C13H18N2O. The van der Waals surface area contributed by atoms with Crippen molar-refractivity contribution in [3.8, 4) is 0 Å². The Bertz CT molecular complexity index is 350. The van der Waals surface area contributed by atoms with Crippen molar-refractivity contribution in [1.82, 2.24) is 10.2 Å². The molecule has 16 heavy (non-hydrogen) atoms. The lowest BCUT2D eigenvalue weighted by Gasteiger charge is -2.30. The fourth-order valence-corrected chi connectivity index (χ4v) is 2.14. The van der Waals surface area contributed by atoms with E-state index in [-0.39, 0.29) is 5.91 Å². The minimum absolute atomic E-state index is 0.0425. The van der Waals surface area contributed by atoms with E-state index in [1.807, 2.05) is 30.3 Å². The minimum Gasteiger partial charge on any atom is -0.348 e. The normalized spacial score (nSPS) is 21.7. The Morgan fingerprint density at radius 1 is 1.38 bits per heavy atom. The number of benzene rings is 1. The van der Waals surface area contributed by atoms with Crippen LogP contribution in [0.1, 0.15) is 23.2 Å². The third-order valence-corrected chi connectivity index (χ3v) is 3.00. The lowest BCUT2D eigenvalue weighted by molar-refractivity contribution is 0.0912. The Morgan fingerprint density at radius 3 is 2.81 bits per heavy atom. The van der Waals surface area contributed by atoms with Crippen LogP contribution in [0.4, 0.5) is 0 Å². The molecule has 1 atom stereocenters. The van der Waals surface area contributed by atoms with Crippen molar-refractivity contribution in [1.29, 1.82) is 0 Å². The summed E-state index contributed by atoms with van der Waals surface area (Å²) in [5, 5.41) is 3.08. The molecule has 1 amide bonds. The zero-order chi connectivity index (χ0) is 11.4. The summed E-state index contributed by atoms with van der Waals surface area (Å²) < 4.78 is 0. The average molecular weight is 218 g/mol. The fraction of sp³-hybridized carbons (Fsp3) is 0.462. The van der Waals surface area contributed by atoms with Crippen molar-refractivity contribution in [2.45, 2.75) is 18.9 Å². The van der Waals surface area contributed by atoms with Crippen LogP contribution in [0, 0.1) is 0 Å². The number of carbonyl (C=O) groups is 1. The van der Waals surface area contributed by atoms with Gasteiger partial charge in [-0.3, -0.25) is 4.79 Å². The highest BCUT2D eigenvalue weighted by molar-refractivity contribution is 5.94. The molecule has 1 aromatic carbocycles. The van der Waals surface area contributed by atoms with E-state index in [0.717, 1.165) is 31.5 Å². The van der Waals surface area contributed by atoms with Crippen LogP contribution in [-0.4, -0.2) is 37.0 Å². The lowest BCUT2D eigenvalue weighted by atomic mass is 10.1. The highest BCUT2D eigenvalue weighted by Gasteiger charge is 2.19. The molecule has 1 heterocycles. The molecule has 2 rings (SSSR count). The Balaban J connectivity index is 1.92. The number of nitrogens with zero attached hydrogens (tertiary/aromatic N) is 1. The number of nitrogens with one attached hydrogen (secondary N) is 1. The SMILES string of the molecule is CN1CCC[C@@H](NC(=O)c2ccccc2)C1. The second-order valence-corrected chi connectivity index (χ2v) is 4.44. The van der Waals surface area contributed by atoms with Crippen molar-refractivity contribution in [3.05, 3.63) is 35.9 Å². The maximum Gasteiger partial charge on any atom is 0.251 e. The van der Waals surface area contributed by atoms with Crippen molar-refractivity contribution >= 4 is 5.91 Å². The predicted octanol–water partition coefficient (Wildman–Crippen LogP) is 1.51. The van der Waals surface area contributed by atoms with E-state index in [4.69, 9.17) is 0 Å². The summed E-state index contributed by atoms with van der Waals surface area (Å²) in [6.45, 7) is 2.09. The number of carbonyl (C=O) groups excluding carboxylic acids is 1. The van der Waals surface area contributed by atoms with Gasteiger partial charge in [0.05, 0.1) is 0 Å². The predicted molar refractivity (Wildman–Crippen MR) is 64.4 cm³/mol. The van der Waals surface area contributed by atoms with E-state index in [1.165, 1.54) is 0 Å². The van der Waals surface area contributed by atoms with E-state index >= 15 is 0 Å². The standard InChI is InChI=1S/C13H18N2O/c1-15-9-5-8-12(10-15)14-13(16)11-6-3-2-4-7-11/h2-4,6-7,12H,5,8-10H2,1H3,(H,14,16)/t12-/m1/s1. The van der Waals surface area contributed by atoms with Crippen LogP contribution in [0.5, 0.6) is 0 Å². The molecule has 3 nitrogen and oxygen atoms in total. The number of likely N-dealkylation sites (tertiary alicyclic amines) is 1. The third kappa shape index (κ3) is 2.83. The quantitative estimate of drug-likeness (QED) is 0.816. The van der Waals surface area contributed by atoms with Crippen molar-refractivity contribution in [3.63, 3.8) is 0 Å². The second-order valence-electron chi connectivity index (χ2n) is 4.44. The zero-order valence-corrected chi connectivity index (χ0v) is 9.65. The molecule has 1 aliphatic heterocycles. The lowest BCUT2D eigenvalue weighted by Crippen LogP contribution is -2.46. The van der Waals surface area contributed by atoms with Crippen LogP contribution >= 0.6 is 0 Å². The molecule has 1 saturated heterocycles. The number of hydrogen-bond donors (Lipinski definition) is 1. The van der Waals surface area contributed by atoms with Crippen LogP contribution in [0.25, 0.3) is 0 Å². The molecule has 1 fully saturated rings. The van der Waals surface area contributed by atoms with Crippen molar-refractivity contribution in [2.75, 3.05) is 20.1 Å². The van der Waals surface area contributed by atoms with Gasteiger partial charge in [0.2, 0.25) is 0 Å². The van der Waals surface area contributed by atoms with Gasteiger partial charge in [-0.05, 0) is 38.6 Å². The number of rotatable bonds is 2. The topological polar surface area (TPSA) is 32.3 Å². The molecule has 0 bridgehead atoms. The summed E-state index contributed by atoms with van der Waals surface area (Å²) in [6.07, 6.45) is 2.25. The Kier molecular flexibility index (Phi) is 3.57. The molecule has 0 unspecified atom stereocenters.